The number of benzene rings is 2. The molecule has 0 aromatic heterocycles. The molecule has 2 rings (SSSR count). The molecule has 2 aromatic carbocycles. The number of halogens is 2. The third-order valence-electron chi connectivity index (χ3n) is 2.48. The number of rotatable bonds is 3. The third-order valence-corrected chi connectivity index (χ3v) is 3.43. The first-order valence-electron chi connectivity index (χ1n) is 5.89. The molecule has 0 aliphatic heterocycles. The van der Waals surface area contributed by atoms with E-state index in [-0.39, 0.29) is 6.03 Å². The largest absolute Gasteiger partial charge is 0.323 e. The van der Waals surface area contributed by atoms with E-state index in [9.17, 15) is 4.79 Å². The Labute approximate surface area is 130 Å². The summed E-state index contributed by atoms with van der Waals surface area (Å²) in [4.78, 5) is 11.7. The number of urea groups is 1. The van der Waals surface area contributed by atoms with E-state index < -0.39 is 0 Å². The lowest BCUT2D eigenvalue weighted by molar-refractivity contribution is 0.255. The van der Waals surface area contributed by atoms with Gasteiger partial charge in [0.25, 0.3) is 0 Å². The van der Waals surface area contributed by atoms with Gasteiger partial charge in [-0.15, -0.1) is 0 Å². The Bertz CT molecular complexity index is 626. The molecule has 0 atom stereocenters. The fraction of sp³-hybridized carbons (Fsp3) is 0. The Morgan fingerprint density at radius 3 is 2.50 bits per heavy atom. The van der Waals surface area contributed by atoms with Gasteiger partial charge in [0, 0.05) is 15.7 Å². The molecule has 2 N–H and O–H groups in total. The lowest BCUT2D eigenvalue weighted by Crippen LogP contribution is -2.23. The second-order valence-electron chi connectivity index (χ2n) is 3.96. The maximum atomic E-state index is 11.7. The summed E-state index contributed by atoms with van der Waals surface area (Å²) in [6, 6.07) is 14.4. The summed E-state index contributed by atoms with van der Waals surface area (Å²) in [5.41, 5.74) is 1.67. The van der Waals surface area contributed by atoms with E-state index in [2.05, 4.69) is 26.6 Å². The van der Waals surface area contributed by atoms with Crippen molar-refractivity contribution in [2.24, 2.45) is 0 Å². The smallest absolute Gasteiger partial charge is 0.314 e. The van der Waals surface area contributed by atoms with Crippen molar-refractivity contribution in [3.05, 3.63) is 69.8 Å². The fourth-order valence-electron chi connectivity index (χ4n) is 1.51. The van der Waals surface area contributed by atoms with Gasteiger partial charge in [0.15, 0.2) is 0 Å². The first-order valence-corrected chi connectivity index (χ1v) is 7.06. The molecule has 0 saturated carbocycles. The number of nitrogens with one attached hydrogen (secondary N) is 2. The van der Waals surface area contributed by atoms with Gasteiger partial charge in [-0.25, -0.2) is 4.79 Å². The molecule has 0 aliphatic rings. The van der Waals surface area contributed by atoms with Crippen LogP contribution in [0.4, 0.5) is 10.5 Å². The van der Waals surface area contributed by atoms with Crippen LogP contribution in [-0.2, 0) is 0 Å². The molecule has 2 aromatic rings. The van der Waals surface area contributed by atoms with Crippen LogP contribution in [0.5, 0.6) is 0 Å². The summed E-state index contributed by atoms with van der Waals surface area (Å²) in [6.07, 6.45) is 3.37. The van der Waals surface area contributed by atoms with Crippen molar-refractivity contribution in [1.82, 2.24) is 5.32 Å². The first-order chi connectivity index (χ1) is 9.65. The van der Waals surface area contributed by atoms with Crippen molar-refractivity contribution in [2.75, 3.05) is 5.32 Å². The van der Waals surface area contributed by atoms with Crippen LogP contribution in [0.15, 0.2) is 59.2 Å². The summed E-state index contributed by atoms with van der Waals surface area (Å²) < 4.78 is 0.830. The minimum absolute atomic E-state index is 0.304. The average molecular weight is 352 g/mol. The van der Waals surface area contributed by atoms with Crippen LogP contribution in [0.25, 0.3) is 6.08 Å². The van der Waals surface area contributed by atoms with E-state index in [4.69, 9.17) is 11.6 Å². The topological polar surface area (TPSA) is 41.1 Å². The zero-order valence-electron chi connectivity index (χ0n) is 10.4. The number of hydrogen-bond donors (Lipinski definition) is 2. The van der Waals surface area contributed by atoms with E-state index in [0.717, 1.165) is 10.0 Å². The van der Waals surface area contributed by atoms with Gasteiger partial charge in [0.05, 0.1) is 5.69 Å². The second-order valence-corrected chi connectivity index (χ2v) is 5.25. The Balaban J connectivity index is 1.89. The quantitative estimate of drug-likeness (QED) is 0.811. The zero-order valence-corrected chi connectivity index (χ0v) is 12.8. The Morgan fingerprint density at radius 1 is 1.10 bits per heavy atom. The molecule has 102 valence electrons. The minimum atomic E-state index is -0.304. The van der Waals surface area contributed by atoms with Crippen LogP contribution < -0.4 is 10.6 Å². The normalized spacial score (nSPS) is 10.5. The maximum Gasteiger partial charge on any atom is 0.323 e. The molecule has 3 nitrogen and oxygen atoms in total. The first kappa shape index (κ1) is 14.6. The van der Waals surface area contributed by atoms with Crippen LogP contribution in [-0.4, -0.2) is 6.03 Å². The van der Waals surface area contributed by atoms with Gasteiger partial charge in [-0.1, -0.05) is 35.9 Å². The van der Waals surface area contributed by atoms with Crippen LogP contribution in [0.1, 0.15) is 5.56 Å². The van der Waals surface area contributed by atoms with E-state index in [1.54, 1.807) is 24.4 Å². The van der Waals surface area contributed by atoms with Crippen molar-refractivity contribution in [3.8, 4) is 0 Å². The predicted molar refractivity (Wildman–Crippen MR) is 86.8 cm³/mol. The van der Waals surface area contributed by atoms with Crippen molar-refractivity contribution < 1.29 is 4.79 Å². The highest BCUT2D eigenvalue weighted by atomic mass is 79.9. The molecule has 20 heavy (non-hydrogen) atoms. The highest BCUT2D eigenvalue weighted by Gasteiger charge is 2.01. The average Bonchev–Trinajstić information content (AvgIpc) is 2.44. The Morgan fingerprint density at radius 2 is 1.80 bits per heavy atom. The number of para-hydroxylation sites is 1. The SMILES string of the molecule is O=C(N/C=C/c1ccc(Cl)cc1)Nc1ccccc1Br. The van der Waals surface area contributed by atoms with Gasteiger partial charge in [0.2, 0.25) is 0 Å². The fourth-order valence-corrected chi connectivity index (χ4v) is 2.02. The van der Waals surface area contributed by atoms with Crippen LogP contribution >= 0.6 is 27.5 Å². The van der Waals surface area contributed by atoms with Gasteiger partial charge in [-0.3, -0.25) is 0 Å². The lowest BCUT2D eigenvalue weighted by Gasteiger charge is -2.06. The van der Waals surface area contributed by atoms with E-state index in [1.807, 2.05) is 36.4 Å². The molecule has 0 unspecified atom stereocenters. The molecule has 5 heteroatoms. The van der Waals surface area contributed by atoms with E-state index in [0.29, 0.717) is 10.7 Å². The zero-order chi connectivity index (χ0) is 14.4. The van der Waals surface area contributed by atoms with Crippen molar-refractivity contribution in [1.29, 1.82) is 0 Å². The molecule has 0 spiro atoms. The van der Waals surface area contributed by atoms with Gasteiger partial charge in [-0.05, 0) is 51.8 Å². The number of carbonyl (C=O) groups is 1. The van der Waals surface area contributed by atoms with Gasteiger partial charge < -0.3 is 10.6 Å². The molecule has 0 heterocycles. The van der Waals surface area contributed by atoms with Gasteiger partial charge in [0.1, 0.15) is 0 Å². The van der Waals surface area contributed by atoms with Gasteiger partial charge in [-0.2, -0.15) is 0 Å². The van der Waals surface area contributed by atoms with Crippen LogP contribution in [0.3, 0.4) is 0 Å². The number of anilines is 1. The highest BCUT2D eigenvalue weighted by Crippen LogP contribution is 2.20. The minimum Gasteiger partial charge on any atom is -0.314 e. The predicted octanol–water partition coefficient (Wildman–Crippen LogP) is 4.89. The van der Waals surface area contributed by atoms with Crippen molar-refractivity contribution >= 4 is 45.3 Å². The number of amides is 2. The highest BCUT2D eigenvalue weighted by molar-refractivity contribution is 9.10. The Kier molecular flexibility index (Phi) is 5.21. The standard InChI is InChI=1S/C15H12BrClN2O/c16-13-3-1-2-4-14(13)19-15(20)18-10-9-11-5-7-12(17)8-6-11/h1-10H,(H2,18,19,20)/b10-9+. The van der Waals surface area contributed by atoms with E-state index in [1.165, 1.54) is 0 Å². The van der Waals surface area contributed by atoms with Gasteiger partial charge >= 0.3 is 6.03 Å². The van der Waals surface area contributed by atoms with Crippen molar-refractivity contribution in [2.45, 2.75) is 0 Å². The molecular formula is C15H12BrClN2O. The Hall–Kier alpha value is -1.78. The summed E-state index contributed by atoms with van der Waals surface area (Å²) in [5.74, 6) is 0. The molecule has 0 fully saturated rings. The van der Waals surface area contributed by atoms with Crippen molar-refractivity contribution in [3.63, 3.8) is 0 Å². The lowest BCUT2D eigenvalue weighted by atomic mass is 10.2. The molecule has 0 saturated heterocycles. The molecule has 2 amide bonds. The molecule has 0 aliphatic carbocycles. The number of carbonyl (C=O) groups excluding carboxylic acids is 1. The van der Waals surface area contributed by atoms with Crippen LogP contribution in [0, 0.1) is 0 Å². The monoisotopic (exact) mass is 350 g/mol. The van der Waals surface area contributed by atoms with Crippen LogP contribution in [0.2, 0.25) is 5.02 Å². The summed E-state index contributed by atoms with van der Waals surface area (Å²) in [7, 11) is 0. The molecule has 0 radical (unpaired) electrons. The summed E-state index contributed by atoms with van der Waals surface area (Å²) in [5, 5.41) is 6.06. The maximum absolute atomic E-state index is 11.7. The van der Waals surface area contributed by atoms with E-state index >= 15 is 0 Å². The second kappa shape index (κ2) is 7.12. The summed E-state index contributed by atoms with van der Waals surface area (Å²) >= 11 is 9.16. The molecule has 0 bridgehead atoms. The summed E-state index contributed by atoms with van der Waals surface area (Å²) in [6.45, 7) is 0. The third kappa shape index (κ3) is 4.40. The number of hydrogen-bond acceptors (Lipinski definition) is 1. The molecular weight excluding hydrogens is 340 g/mol.